The van der Waals surface area contributed by atoms with Crippen molar-refractivity contribution < 1.29 is 27.1 Å². The van der Waals surface area contributed by atoms with Crippen LogP contribution in [0.2, 0.25) is 0 Å². The minimum Gasteiger partial charge on any atom is -0.486 e. The van der Waals surface area contributed by atoms with Gasteiger partial charge in [0.2, 0.25) is 15.9 Å². The first-order chi connectivity index (χ1) is 14.9. The molecule has 8 nitrogen and oxygen atoms in total. The van der Waals surface area contributed by atoms with E-state index in [0.717, 1.165) is 0 Å². The van der Waals surface area contributed by atoms with Gasteiger partial charge in [-0.1, -0.05) is 12.1 Å². The molecule has 10 heteroatoms. The van der Waals surface area contributed by atoms with Gasteiger partial charge < -0.3 is 14.8 Å². The Morgan fingerprint density at radius 3 is 2.42 bits per heavy atom. The lowest BCUT2D eigenvalue weighted by Gasteiger charge is -2.36. The highest BCUT2D eigenvalue weighted by Crippen LogP contribution is 2.33. The van der Waals surface area contributed by atoms with E-state index in [1.165, 1.54) is 28.6 Å². The first kappa shape index (κ1) is 21.5. The zero-order valence-electron chi connectivity index (χ0n) is 17.1. The highest BCUT2D eigenvalue weighted by atomic mass is 32.2. The summed E-state index contributed by atoms with van der Waals surface area (Å²) in [5.74, 6) is 0.112. The molecule has 4 rings (SSSR count). The van der Waals surface area contributed by atoms with E-state index in [0.29, 0.717) is 37.8 Å². The number of piperazine rings is 1. The molecule has 1 fully saturated rings. The second-order valence-corrected chi connectivity index (χ2v) is 9.33. The molecule has 1 atom stereocenters. The maximum Gasteiger partial charge on any atom is 0.243 e. The molecule has 0 aromatic heterocycles. The number of ether oxygens (including phenoxy) is 2. The summed E-state index contributed by atoms with van der Waals surface area (Å²) in [4.78, 5) is 14.6. The van der Waals surface area contributed by atoms with Crippen LogP contribution in [0.1, 0.15) is 6.92 Å². The predicted molar refractivity (Wildman–Crippen MR) is 112 cm³/mol. The molecule has 0 radical (unpaired) electrons. The third-order valence-electron chi connectivity index (χ3n) is 5.48. The quantitative estimate of drug-likeness (QED) is 0.751. The molecule has 1 amide bonds. The zero-order chi connectivity index (χ0) is 22.0. The van der Waals surface area contributed by atoms with Gasteiger partial charge in [0.05, 0.1) is 16.6 Å². The highest BCUT2D eigenvalue weighted by Gasteiger charge is 2.32. The van der Waals surface area contributed by atoms with Gasteiger partial charge in [-0.25, -0.2) is 12.8 Å². The summed E-state index contributed by atoms with van der Waals surface area (Å²) < 4.78 is 52.2. The molecule has 166 valence electrons. The number of nitrogens with zero attached hydrogens (tertiary/aromatic N) is 2. The average Bonchev–Trinajstić information content (AvgIpc) is 2.79. The number of hydrogen-bond donors (Lipinski definition) is 1. The van der Waals surface area contributed by atoms with Gasteiger partial charge in [-0.2, -0.15) is 4.31 Å². The van der Waals surface area contributed by atoms with E-state index in [-0.39, 0.29) is 29.6 Å². The standard InChI is InChI=1S/C21H24FN3O5S/c1-15(21(26)23-18-5-3-2-4-17(18)22)24-8-10-25(11-9-24)31(27,28)16-6-7-19-20(14-16)30-13-12-29-19/h2-7,14-15H,8-13H2,1H3,(H,23,26). The van der Waals surface area contributed by atoms with E-state index in [1.54, 1.807) is 25.1 Å². The molecule has 2 aliphatic heterocycles. The third-order valence-corrected chi connectivity index (χ3v) is 7.38. The smallest absolute Gasteiger partial charge is 0.243 e. The van der Waals surface area contributed by atoms with E-state index >= 15 is 0 Å². The van der Waals surface area contributed by atoms with Crippen LogP contribution < -0.4 is 14.8 Å². The normalized spacial score (nSPS) is 18.4. The Morgan fingerprint density at radius 2 is 1.71 bits per heavy atom. The van der Waals surface area contributed by atoms with Crippen molar-refractivity contribution in [1.82, 2.24) is 9.21 Å². The Balaban J connectivity index is 1.38. The lowest BCUT2D eigenvalue weighted by Crippen LogP contribution is -2.53. The predicted octanol–water partition coefficient (Wildman–Crippen LogP) is 1.93. The summed E-state index contributed by atoms with van der Waals surface area (Å²) in [5.41, 5.74) is 0.124. The molecule has 1 N–H and O–H groups in total. The van der Waals surface area contributed by atoms with Crippen LogP contribution in [0.4, 0.5) is 10.1 Å². The molecule has 0 aliphatic carbocycles. The fourth-order valence-corrected chi connectivity index (χ4v) is 5.07. The molecule has 0 saturated carbocycles. The van der Waals surface area contributed by atoms with Crippen molar-refractivity contribution in [3.8, 4) is 11.5 Å². The Bertz CT molecular complexity index is 1070. The molecule has 1 saturated heterocycles. The van der Waals surface area contributed by atoms with Gasteiger partial charge in [0.25, 0.3) is 0 Å². The van der Waals surface area contributed by atoms with E-state index in [1.807, 2.05) is 4.90 Å². The molecular weight excluding hydrogens is 425 g/mol. The van der Waals surface area contributed by atoms with Gasteiger partial charge in [-0.15, -0.1) is 0 Å². The molecular formula is C21H24FN3O5S. The maximum absolute atomic E-state index is 13.8. The number of para-hydroxylation sites is 1. The van der Waals surface area contributed by atoms with Crippen LogP contribution in [0, 0.1) is 5.82 Å². The van der Waals surface area contributed by atoms with Crippen LogP contribution in [0.3, 0.4) is 0 Å². The van der Waals surface area contributed by atoms with Crippen molar-refractivity contribution in [3.63, 3.8) is 0 Å². The van der Waals surface area contributed by atoms with Crippen LogP contribution in [-0.2, 0) is 14.8 Å². The van der Waals surface area contributed by atoms with Gasteiger partial charge in [0, 0.05) is 32.2 Å². The molecule has 2 aliphatic rings. The second kappa shape index (κ2) is 8.81. The van der Waals surface area contributed by atoms with Crippen LogP contribution in [0.5, 0.6) is 11.5 Å². The Hall–Kier alpha value is -2.69. The molecule has 2 aromatic carbocycles. The van der Waals surface area contributed by atoms with Crippen molar-refractivity contribution in [2.24, 2.45) is 0 Å². The number of benzene rings is 2. The van der Waals surface area contributed by atoms with Crippen molar-refractivity contribution in [2.45, 2.75) is 17.9 Å². The SMILES string of the molecule is CC(C(=O)Nc1ccccc1F)N1CCN(S(=O)(=O)c2ccc3c(c2)OCCO3)CC1. The molecule has 0 bridgehead atoms. The number of hydrogen-bond acceptors (Lipinski definition) is 6. The lowest BCUT2D eigenvalue weighted by molar-refractivity contribution is -0.121. The monoisotopic (exact) mass is 449 g/mol. The average molecular weight is 450 g/mol. The Labute approximate surface area is 180 Å². The number of halogens is 1. The molecule has 0 spiro atoms. The summed E-state index contributed by atoms with van der Waals surface area (Å²) in [6.07, 6.45) is 0. The van der Waals surface area contributed by atoms with Crippen molar-refractivity contribution >= 4 is 21.6 Å². The van der Waals surface area contributed by atoms with Crippen LogP contribution >= 0.6 is 0 Å². The van der Waals surface area contributed by atoms with Crippen molar-refractivity contribution in [1.29, 1.82) is 0 Å². The first-order valence-electron chi connectivity index (χ1n) is 10.1. The summed E-state index contributed by atoms with van der Waals surface area (Å²) in [5, 5.41) is 2.59. The number of carbonyl (C=O) groups is 1. The number of nitrogens with one attached hydrogen (secondary N) is 1. The largest absolute Gasteiger partial charge is 0.486 e. The van der Waals surface area contributed by atoms with Crippen LogP contribution in [0.25, 0.3) is 0 Å². The van der Waals surface area contributed by atoms with Gasteiger partial charge in [-0.05, 0) is 31.2 Å². The number of sulfonamides is 1. The number of anilines is 1. The summed E-state index contributed by atoms with van der Waals surface area (Å²) in [6.45, 7) is 3.79. The first-order valence-corrected chi connectivity index (χ1v) is 11.5. The fourth-order valence-electron chi connectivity index (χ4n) is 3.63. The number of amides is 1. The number of carbonyl (C=O) groups excluding carboxylic acids is 1. The Kier molecular flexibility index (Phi) is 6.12. The minimum absolute atomic E-state index is 0.124. The second-order valence-electron chi connectivity index (χ2n) is 7.39. The van der Waals surface area contributed by atoms with E-state index in [9.17, 15) is 17.6 Å². The van der Waals surface area contributed by atoms with E-state index < -0.39 is 21.9 Å². The molecule has 2 aromatic rings. The number of rotatable bonds is 5. The van der Waals surface area contributed by atoms with Crippen LogP contribution in [0.15, 0.2) is 47.4 Å². The van der Waals surface area contributed by atoms with Gasteiger partial charge >= 0.3 is 0 Å². The zero-order valence-corrected chi connectivity index (χ0v) is 17.9. The lowest BCUT2D eigenvalue weighted by atomic mass is 10.2. The van der Waals surface area contributed by atoms with Gasteiger partial charge in [0.15, 0.2) is 11.5 Å². The summed E-state index contributed by atoms with van der Waals surface area (Å²) in [6, 6.07) is 10.0. The fraction of sp³-hybridized carbons (Fsp3) is 0.381. The topological polar surface area (TPSA) is 88.2 Å². The molecule has 1 unspecified atom stereocenters. The minimum atomic E-state index is -3.70. The molecule has 2 heterocycles. The van der Waals surface area contributed by atoms with E-state index in [2.05, 4.69) is 5.32 Å². The van der Waals surface area contributed by atoms with Gasteiger partial charge in [-0.3, -0.25) is 9.69 Å². The van der Waals surface area contributed by atoms with E-state index in [4.69, 9.17) is 9.47 Å². The highest BCUT2D eigenvalue weighted by molar-refractivity contribution is 7.89. The van der Waals surface area contributed by atoms with Crippen molar-refractivity contribution in [3.05, 3.63) is 48.3 Å². The summed E-state index contributed by atoms with van der Waals surface area (Å²) >= 11 is 0. The van der Waals surface area contributed by atoms with Crippen molar-refractivity contribution in [2.75, 3.05) is 44.7 Å². The summed E-state index contributed by atoms with van der Waals surface area (Å²) in [7, 11) is -3.70. The Morgan fingerprint density at radius 1 is 1.03 bits per heavy atom. The number of fused-ring (bicyclic) bond motifs is 1. The van der Waals surface area contributed by atoms with Crippen LogP contribution in [-0.4, -0.2) is 69.0 Å². The van der Waals surface area contributed by atoms with Gasteiger partial charge in [0.1, 0.15) is 19.0 Å². The molecule has 31 heavy (non-hydrogen) atoms. The third kappa shape index (κ3) is 4.51. The maximum atomic E-state index is 13.8.